The number of pyridine rings is 1. The summed E-state index contributed by atoms with van der Waals surface area (Å²) in [7, 11) is 0. The molecule has 4 nitrogen and oxygen atoms in total. The molecule has 90 valence electrons. The van der Waals surface area contributed by atoms with Crippen LogP contribution in [0.25, 0.3) is 0 Å². The van der Waals surface area contributed by atoms with E-state index in [1.165, 1.54) is 17.3 Å². The van der Waals surface area contributed by atoms with E-state index in [1.807, 2.05) is 18.5 Å². The molecule has 2 aromatic heterocycles. The molecular weight excluding hydrogens is 232 g/mol. The fraction of sp³-hybridized carbons (Fsp3) is 0.333. The van der Waals surface area contributed by atoms with Crippen molar-refractivity contribution in [2.45, 2.75) is 30.1 Å². The van der Waals surface area contributed by atoms with Crippen molar-refractivity contribution in [3.63, 3.8) is 0 Å². The molecule has 0 aliphatic heterocycles. The van der Waals surface area contributed by atoms with E-state index >= 15 is 0 Å². The summed E-state index contributed by atoms with van der Waals surface area (Å²) >= 11 is 1.54. The third-order valence-corrected chi connectivity index (χ3v) is 3.29. The third-order valence-electron chi connectivity index (χ3n) is 2.44. The number of hydrogen-bond donors (Lipinski definition) is 2. The van der Waals surface area contributed by atoms with Gasteiger partial charge in [0.25, 0.3) is 0 Å². The quantitative estimate of drug-likeness (QED) is 0.854. The Morgan fingerprint density at radius 3 is 3.00 bits per heavy atom. The Hall–Kier alpha value is -1.33. The average molecular weight is 248 g/mol. The summed E-state index contributed by atoms with van der Waals surface area (Å²) < 4.78 is 0. The number of aromatic nitrogens is 3. The van der Waals surface area contributed by atoms with E-state index in [-0.39, 0.29) is 0 Å². The smallest absolute Gasteiger partial charge is 0.171 e. The Morgan fingerprint density at radius 2 is 2.29 bits per heavy atom. The highest BCUT2D eigenvalue weighted by atomic mass is 32.2. The first-order valence-electron chi connectivity index (χ1n) is 5.66. The maximum Gasteiger partial charge on any atom is 0.171 e. The summed E-state index contributed by atoms with van der Waals surface area (Å²) in [5.41, 5.74) is 1.25. The Balaban J connectivity index is 2.11. The van der Waals surface area contributed by atoms with Crippen LogP contribution in [0.1, 0.15) is 25.5 Å². The molecule has 2 rings (SSSR count). The molecule has 2 aromatic rings. The van der Waals surface area contributed by atoms with Crippen LogP contribution >= 0.6 is 11.8 Å². The van der Waals surface area contributed by atoms with Crippen molar-refractivity contribution in [2.24, 2.45) is 0 Å². The molecule has 0 fully saturated rings. The molecule has 0 aliphatic carbocycles. The maximum atomic E-state index is 4.33. The molecule has 0 amide bonds. The van der Waals surface area contributed by atoms with Crippen LogP contribution in [-0.2, 0) is 0 Å². The lowest BCUT2D eigenvalue weighted by molar-refractivity contribution is 0.596. The molecule has 2 heterocycles. The van der Waals surface area contributed by atoms with Crippen LogP contribution in [0.3, 0.4) is 0 Å². The van der Waals surface area contributed by atoms with Crippen molar-refractivity contribution in [1.82, 2.24) is 20.3 Å². The normalized spacial score (nSPS) is 12.6. The Labute approximate surface area is 105 Å². The van der Waals surface area contributed by atoms with E-state index in [1.54, 1.807) is 6.20 Å². The predicted molar refractivity (Wildman–Crippen MR) is 69.0 cm³/mol. The zero-order valence-corrected chi connectivity index (χ0v) is 10.8. The van der Waals surface area contributed by atoms with Crippen LogP contribution in [-0.4, -0.2) is 21.5 Å². The lowest BCUT2D eigenvalue weighted by Gasteiger charge is -2.12. The summed E-state index contributed by atoms with van der Waals surface area (Å²) in [5, 5.41) is 5.21. The van der Waals surface area contributed by atoms with Gasteiger partial charge in [-0.3, -0.25) is 0 Å². The van der Waals surface area contributed by atoms with Crippen molar-refractivity contribution >= 4 is 11.8 Å². The number of nitrogens with one attached hydrogen (secondary N) is 2. The number of aromatic amines is 1. The lowest BCUT2D eigenvalue weighted by Crippen LogP contribution is -2.17. The van der Waals surface area contributed by atoms with Gasteiger partial charge in [-0.25, -0.2) is 9.97 Å². The second kappa shape index (κ2) is 5.84. The van der Waals surface area contributed by atoms with Gasteiger partial charge in [-0.05, 0) is 42.9 Å². The summed E-state index contributed by atoms with van der Waals surface area (Å²) in [6.45, 7) is 5.22. The Bertz CT molecular complexity index is 455. The summed E-state index contributed by atoms with van der Waals surface area (Å²) in [6.07, 6.45) is 5.40. The van der Waals surface area contributed by atoms with Gasteiger partial charge in [-0.2, -0.15) is 0 Å². The van der Waals surface area contributed by atoms with Crippen LogP contribution in [0, 0.1) is 0 Å². The fourth-order valence-electron chi connectivity index (χ4n) is 1.58. The van der Waals surface area contributed by atoms with Crippen molar-refractivity contribution < 1.29 is 0 Å². The van der Waals surface area contributed by atoms with E-state index in [0.717, 1.165) is 16.7 Å². The minimum Gasteiger partial charge on any atom is -0.339 e. The molecule has 2 N–H and O–H groups in total. The Morgan fingerprint density at radius 1 is 1.41 bits per heavy atom. The molecule has 0 radical (unpaired) electrons. The largest absolute Gasteiger partial charge is 0.339 e. The van der Waals surface area contributed by atoms with Gasteiger partial charge < -0.3 is 10.3 Å². The average Bonchev–Trinajstić information content (AvgIpc) is 2.82. The van der Waals surface area contributed by atoms with Crippen LogP contribution in [0.5, 0.6) is 0 Å². The predicted octanol–water partition coefficient (Wildman–Crippen LogP) is 2.63. The number of H-pyrrole nitrogens is 1. The topological polar surface area (TPSA) is 53.6 Å². The highest BCUT2D eigenvalue weighted by molar-refractivity contribution is 7.99. The monoisotopic (exact) mass is 248 g/mol. The molecule has 0 aromatic carbocycles. The fourth-order valence-corrected chi connectivity index (χ4v) is 2.33. The lowest BCUT2D eigenvalue weighted by atomic mass is 10.1. The first-order chi connectivity index (χ1) is 8.29. The first-order valence-corrected chi connectivity index (χ1v) is 6.48. The standard InChI is InChI=1S/C12H16N4S/c1-3-13-9(2)10-4-5-14-11(8-10)17-12-15-6-7-16-12/h4-9,13H,3H2,1-2H3,(H,15,16). The molecule has 5 heteroatoms. The number of hydrogen-bond acceptors (Lipinski definition) is 4. The Kier molecular flexibility index (Phi) is 4.17. The zero-order valence-electron chi connectivity index (χ0n) is 9.97. The highest BCUT2D eigenvalue weighted by Crippen LogP contribution is 2.24. The molecule has 0 saturated carbocycles. The van der Waals surface area contributed by atoms with Crippen molar-refractivity contribution in [2.75, 3.05) is 6.54 Å². The van der Waals surface area contributed by atoms with Crippen molar-refractivity contribution in [1.29, 1.82) is 0 Å². The molecule has 0 aliphatic rings. The zero-order chi connectivity index (χ0) is 12.1. The van der Waals surface area contributed by atoms with E-state index < -0.39 is 0 Å². The first kappa shape index (κ1) is 12.1. The number of imidazole rings is 1. The van der Waals surface area contributed by atoms with Gasteiger partial charge in [-0.1, -0.05) is 6.92 Å². The van der Waals surface area contributed by atoms with Gasteiger partial charge >= 0.3 is 0 Å². The summed E-state index contributed by atoms with van der Waals surface area (Å²) in [4.78, 5) is 11.6. The van der Waals surface area contributed by atoms with Crippen molar-refractivity contribution in [3.05, 3.63) is 36.3 Å². The third kappa shape index (κ3) is 3.31. The molecule has 0 spiro atoms. The van der Waals surface area contributed by atoms with Crippen molar-refractivity contribution in [3.8, 4) is 0 Å². The second-order valence-corrected chi connectivity index (χ2v) is 4.71. The SMILES string of the molecule is CCNC(C)c1ccnc(Sc2ncc[nH]2)c1. The van der Waals surface area contributed by atoms with Crippen LogP contribution in [0.15, 0.2) is 40.9 Å². The van der Waals surface area contributed by atoms with E-state index in [4.69, 9.17) is 0 Å². The van der Waals surface area contributed by atoms with Gasteiger partial charge in [0.05, 0.1) is 0 Å². The maximum absolute atomic E-state index is 4.33. The molecule has 1 atom stereocenters. The van der Waals surface area contributed by atoms with Gasteiger partial charge in [0.1, 0.15) is 5.03 Å². The number of nitrogens with zero attached hydrogens (tertiary/aromatic N) is 2. The molecule has 17 heavy (non-hydrogen) atoms. The van der Waals surface area contributed by atoms with Crippen LogP contribution < -0.4 is 5.32 Å². The minimum atomic E-state index is 0.346. The van der Waals surface area contributed by atoms with Gasteiger partial charge in [0.2, 0.25) is 0 Å². The highest BCUT2D eigenvalue weighted by Gasteiger charge is 2.06. The van der Waals surface area contributed by atoms with Gasteiger partial charge in [0, 0.05) is 24.6 Å². The molecule has 1 unspecified atom stereocenters. The van der Waals surface area contributed by atoms with E-state index in [2.05, 4.69) is 40.2 Å². The summed E-state index contributed by atoms with van der Waals surface area (Å²) in [5.74, 6) is 0. The molecular formula is C12H16N4S. The second-order valence-electron chi connectivity index (χ2n) is 3.70. The van der Waals surface area contributed by atoms with E-state index in [0.29, 0.717) is 6.04 Å². The van der Waals surface area contributed by atoms with Crippen LogP contribution in [0.2, 0.25) is 0 Å². The summed E-state index contributed by atoms with van der Waals surface area (Å²) in [6, 6.07) is 4.49. The number of rotatable bonds is 5. The van der Waals surface area contributed by atoms with Gasteiger partial charge in [-0.15, -0.1) is 0 Å². The minimum absolute atomic E-state index is 0.346. The van der Waals surface area contributed by atoms with E-state index in [9.17, 15) is 0 Å². The van der Waals surface area contributed by atoms with Gasteiger partial charge in [0.15, 0.2) is 5.16 Å². The molecule has 0 bridgehead atoms. The van der Waals surface area contributed by atoms with Crippen LogP contribution in [0.4, 0.5) is 0 Å². The molecule has 0 saturated heterocycles.